The van der Waals surface area contributed by atoms with Crippen LogP contribution in [0.3, 0.4) is 0 Å². The number of pyridine rings is 1. The lowest BCUT2D eigenvalue weighted by Crippen LogP contribution is -2.27. The number of aromatic nitrogens is 1. The number of nitrogens with zero attached hydrogens (tertiary/aromatic N) is 1. The van der Waals surface area contributed by atoms with Gasteiger partial charge in [0.15, 0.2) is 0 Å². The maximum atomic E-state index is 5.45. The molecule has 1 atom stereocenters. The summed E-state index contributed by atoms with van der Waals surface area (Å²) in [6.45, 7) is 9.27. The van der Waals surface area contributed by atoms with Crippen LogP contribution in [0.15, 0.2) is 12.3 Å². The van der Waals surface area contributed by atoms with Crippen LogP contribution in [0.1, 0.15) is 49.0 Å². The number of hydrogen-bond donors (Lipinski definition) is 1. The van der Waals surface area contributed by atoms with E-state index < -0.39 is 0 Å². The van der Waals surface area contributed by atoms with Crippen LogP contribution in [-0.2, 0) is 4.74 Å². The van der Waals surface area contributed by atoms with Crippen molar-refractivity contribution >= 4 is 0 Å². The Morgan fingerprint density at radius 1 is 1.37 bits per heavy atom. The lowest BCUT2D eigenvalue weighted by molar-refractivity contribution is 0.0604. The van der Waals surface area contributed by atoms with E-state index in [4.69, 9.17) is 4.74 Å². The van der Waals surface area contributed by atoms with Crippen molar-refractivity contribution in [3.63, 3.8) is 0 Å². The molecule has 106 valence electrons. The van der Waals surface area contributed by atoms with Gasteiger partial charge in [0, 0.05) is 25.5 Å². The molecule has 0 aromatic carbocycles. The molecule has 2 rings (SSSR count). The van der Waals surface area contributed by atoms with E-state index in [0.29, 0.717) is 6.04 Å². The Labute approximate surface area is 116 Å². The van der Waals surface area contributed by atoms with Gasteiger partial charge in [-0.2, -0.15) is 0 Å². The van der Waals surface area contributed by atoms with Crippen LogP contribution >= 0.6 is 0 Å². The van der Waals surface area contributed by atoms with Gasteiger partial charge in [-0.05, 0) is 56.7 Å². The number of rotatable bonds is 5. The molecule has 1 aliphatic heterocycles. The fourth-order valence-corrected chi connectivity index (χ4v) is 2.94. The van der Waals surface area contributed by atoms with Crippen LogP contribution in [0.25, 0.3) is 0 Å². The molecule has 3 heteroatoms. The summed E-state index contributed by atoms with van der Waals surface area (Å²) in [5.41, 5.74) is 3.76. The molecule has 1 aliphatic rings. The summed E-state index contributed by atoms with van der Waals surface area (Å²) in [5, 5.41) is 3.60. The monoisotopic (exact) mass is 262 g/mol. The fraction of sp³-hybridized carbons (Fsp3) is 0.688. The molecular weight excluding hydrogens is 236 g/mol. The summed E-state index contributed by atoms with van der Waals surface area (Å²) in [7, 11) is 0. The molecule has 1 saturated heterocycles. The van der Waals surface area contributed by atoms with Gasteiger partial charge in [-0.1, -0.05) is 13.0 Å². The van der Waals surface area contributed by atoms with Crippen LogP contribution < -0.4 is 5.32 Å². The third kappa shape index (κ3) is 4.02. The molecule has 0 amide bonds. The summed E-state index contributed by atoms with van der Waals surface area (Å²) >= 11 is 0. The largest absolute Gasteiger partial charge is 0.381 e. The van der Waals surface area contributed by atoms with Crippen LogP contribution in [0.4, 0.5) is 0 Å². The van der Waals surface area contributed by atoms with Crippen molar-refractivity contribution in [2.75, 3.05) is 19.8 Å². The van der Waals surface area contributed by atoms with Crippen molar-refractivity contribution < 1.29 is 4.74 Å². The van der Waals surface area contributed by atoms with Crippen LogP contribution in [-0.4, -0.2) is 24.7 Å². The van der Waals surface area contributed by atoms with E-state index in [0.717, 1.165) is 25.7 Å². The topological polar surface area (TPSA) is 34.1 Å². The van der Waals surface area contributed by atoms with Crippen molar-refractivity contribution in [2.45, 2.75) is 46.1 Å². The molecule has 1 fully saturated rings. The van der Waals surface area contributed by atoms with Crippen LogP contribution in [0, 0.1) is 19.8 Å². The first-order chi connectivity index (χ1) is 9.20. The molecular formula is C16H26N2O. The highest BCUT2D eigenvalue weighted by Gasteiger charge is 2.21. The van der Waals surface area contributed by atoms with Gasteiger partial charge in [0.05, 0.1) is 5.69 Å². The first-order valence-electron chi connectivity index (χ1n) is 7.45. The van der Waals surface area contributed by atoms with E-state index in [9.17, 15) is 0 Å². The molecule has 1 N–H and O–H groups in total. The second kappa shape index (κ2) is 7.01. The van der Waals surface area contributed by atoms with Gasteiger partial charge in [0.2, 0.25) is 0 Å². The predicted octanol–water partition coefficient (Wildman–Crippen LogP) is 3.17. The van der Waals surface area contributed by atoms with Crippen LogP contribution in [0.2, 0.25) is 0 Å². The fourth-order valence-electron chi connectivity index (χ4n) is 2.94. The van der Waals surface area contributed by atoms with Gasteiger partial charge in [-0.3, -0.25) is 4.98 Å². The minimum absolute atomic E-state index is 0.383. The van der Waals surface area contributed by atoms with Gasteiger partial charge in [0.25, 0.3) is 0 Å². The minimum Gasteiger partial charge on any atom is -0.381 e. The van der Waals surface area contributed by atoms with E-state index >= 15 is 0 Å². The van der Waals surface area contributed by atoms with Gasteiger partial charge in [0.1, 0.15) is 0 Å². The van der Waals surface area contributed by atoms with E-state index in [1.165, 1.54) is 36.1 Å². The molecule has 19 heavy (non-hydrogen) atoms. The number of hydrogen-bond acceptors (Lipinski definition) is 3. The van der Waals surface area contributed by atoms with E-state index in [1.807, 2.05) is 6.20 Å². The maximum Gasteiger partial charge on any atom is 0.0602 e. The molecule has 0 aliphatic carbocycles. The SMILES string of the molecule is CCNC(CC1CCOCC1)c1ncc(C)cc1C. The number of nitrogens with one attached hydrogen (secondary N) is 1. The quantitative estimate of drug-likeness (QED) is 0.885. The Hall–Kier alpha value is -0.930. The summed E-state index contributed by atoms with van der Waals surface area (Å²) in [4.78, 5) is 4.67. The Bertz CT molecular complexity index is 400. The average molecular weight is 262 g/mol. The molecule has 0 spiro atoms. The van der Waals surface area contributed by atoms with Crippen LogP contribution in [0.5, 0.6) is 0 Å². The van der Waals surface area contributed by atoms with E-state index in [2.05, 4.69) is 37.1 Å². The molecule has 0 bridgehead atoms. The molecule has 0 radical (unpaired) electrons. The molecule has 1 unspecified atom stereocenters. The van der Waals surface area contributed by atoms with E-state index in [1.54, 1.807) is 0 Å². The summed E-state index contributed by atoms with van der Waals surface area (Å²) in [5.74, 6) is 0.764. The molecule has 2 heterocycles. The smallest absolute Gasteiger partial charge is 0.0602 e. The second-order valence-electron chi connectivity index (χ2n) is 5.62. The Morgan fingerprint density at radius 3 is 2.74 bits per heavy atom. The predicted molar refractivity (Wildman–Crippen MR) is 78.3 cm³/mol. The lowest BCUT2D eigenvalue weighted by atomic mass is 9.90. The second-order valence-corrected chi connectivity index (χ2v) is 5.62. The lowest BCUT2D eigenvalue weighted by Gasteiger charge is -2.27. The first kappa shape index (κ1) is 14.5. The highest BCUT2D eigenvalue weighted by atomic mass is 16.5. The van der Waals surface area contributed by atoms with Gasteiger partial charge < -0.3 is 10.1 Å². The first-order valence-corrected chi connectivity index (χ1v) is 7.45. The molecule has 1 aromatic heterocycles. The molecule has 1 aromatic rings. The van der Waals surface area contributed by atoms with Crippen molar-refractivity contribution in [1.29, 1.82) is 0 Å². The number of aryl methyl sites for hydroxylation is 2. The average Bonchev–Trinajstić information content (AvgIpc) is 2.39. The zero-order valence-corrected chi connectivity index (χ0v) is 12.4. The summed E-state index contributed by atoms with van der Waals surface area (Å²) in [6.07, 6.45) is 5.53. The standard InChI is InChI=1S/C16H26N2O/c1-4-17-15(10-14-5-7-19-8-6-14)16-13(3)9-12(2)11-18-16/h9,11,14-15,17H,4-8,10H2,1-3H3. The molecule has 3 nitrogen and oxygen atoms in total. The summed E-state index contributed by atoms with van der Waals surface area (Å²) in [6, 6.07) is 2.62. The Kier molecular flexibility index (Phi) is 5.34. The summed E-state index contributed by atoms with van der Waals surface area (Å²) < 4.78 is 5.45. The van der Waals surface area contributed by atoms with Crippen molar-refractivity contribution in [3.05, 3.63) is 29.1 Å². The van der Waals surface area contributed by atoms with Crippen molar-refractivity contribution in [2.24, 2.45) is 5.92 Å². The zero-order chi connectivity index (χ0) is 13.7. The van der Waals surface area contributed by atoms with Gasteiger partial charge in [-0.25, -0.2) is 0 Å². The third-order valence-electron chi connectivity index (χ3n) is 3.95. The highest BCUT2D eigenvalue weighted by Crippen LogP contribution is 2.28. The van der Waals surface area contributed by atoms with E-state index in [-0.39, 0.29) is 0 Å². The third-order valence-corrected chi connectivity index (χ3v) is 3.95. The molecule has 0 saturated carbocycles. The van der Waals surface area contributed by atoms with Gasteiger partial charge >= 0.3 is 0 Å². The van der Waals surface area contributed by atoms with Crippen molar-refractivity contribution in [1.82, 2.24) is 10.3 Å². The van der Waals surface area contributed by atoms with Gasteiger partial charge in [-0.15, -0.1) is 0 Å². The highest BCUT2D eigenvalue weighted by molar-refractivity contribution is 5.25. The zero-order valence-electron chi connectivity index (χ0n) is 12.4. The van der Waals surface area contributed by atoms with Crippen molar-refractivity contribution in [3.8, 4) is 0 Å². The minimum atomic E-state index is 0.383. The normalized spacial score (nSPS) is 18.5. The maximum absolute atomic E-state index is 5.45. The Balaban J connectivity index is 2.09. The Morgan fingerprint density at radius 2 is 2.11 bits per heavy atom. The number of ether oxygens (including phenoxy) is 1.